The normalized spacial score (nSPS) is 10.6. The van der Waals surface area contributed by atoms with Gasteiger partial charge < -0.3 is 19.8 Å². The van der Waals surface area contributed by atoms with Crippen molar-refractivity contribution >= 4 is 11.7 Å². The number of nitrogens with zero attached hydrogens (tertiary/aromatic N) is 2. The van der Waals surface area contributed by atoms with E-state index in [4.69, 9.17) is 4.74 Å². The number of ether oxygens (including phenoxy) is 1. The number of pyridine rings is 1. The smallest absolute Gasteiger partial charge is 0.227 e. The zero-order chi connectivity index (χ0) is 23.3. The molecule has 1 amide bonds. The van der Waals surface area contributed by atoms with Crippen LogP contribution in [0.3, 0.4) is 0 Å². The van der Waals surface area contributed by atoms with Gasteiger partial charge in [-0.15, -0.1) is 0 Å². The highest BCUT2D eigenvalue weighted by molar-refractivity contribution is 6.12. The Morgan fingerprint density at radius 1 is 1.06 bits per heavy atom. The molecule has 32 heavy (non-hydrogen) atoms. The molecule has 166 valence electrons. The Balaban J connectivity index is 1.97. The van der Waals surface area contributed by atoms with Gasteiger partial charge >= 0.3 is 0 Å². The van der Waals surface area contributed by atoms with Crippen LogP contribution in [-0.4, -0.2) is 45.9 Å². The molecule has 0 saturated carbocycles. The standard InChI is InChI=1S/C25H26N2O5/c1-4-19-20(12-23(30)27(2)15-16-6-5-11-26-14-16)24(22(29)13-21(19)28)25(31)17-7-9-18(32-3)10-8-17/h5-11,13-14,28-29H,4,12,15H2,1-3H3. The maximum absolute atomic E-state index is 13.3. The number of carbonyl (C=O) groups is 2. The van der Waals surface area contributed by atoms with Gasteiger partial charge in [-0.25, -0.2) is 0 Å². The molecular weight excluding hydrogens is 408 g/mol. The third-order valence-electron chi connectivity index (χ3n) is 5.33. The van der Waals surface area contributed by atoms with Gasteiger partial charge in [0.05, 0.1) is 19.1 Å². The lowest BCUT2D eigenvalue weighted by Gasteiger charge is -2.21. The number of ketones is 1. The van der Waals surface area contributed by atoms with Gasteiger partial charge in [0.15, 0.2) is 5.78 Å². The Kier molecular flexibility index (Phi) is 7.10. The molecule has 0 aliphatic heterocycles. The van der Waals surface area contributed by atoms with E-state index in [0.717, 1.165) is 11.6 Å². The summed E-state index contributed by atoms with van der Waals surface area (Å²) in [6, 6.07) is 11.3. The van der Waals surface area contributed by atoms with Gasteiger partial charge in [-0.2, -0.15) is 0 Å². The van der Waals surface area contributed by atoms with Crippen molar-refractivity contribution in [3.63, 3.8) is 0 Å². The molecule has 7 nitrogen and oxygen atoms in total. The summed E-state index contributed by atoms with van der Waals surface area (Å²) in [6.07, 6.45) is 3.59. The highest BCUT2D eigenvalue weighted by Gasteiger charge is 2.26. The molecule has 0 aliphatic rings. The number of phenols is 2. The fourth-order valence-corrected chi connectivity index (χ4v) is 3.62. The summed E-state index contributed by atoms with van der Waals surface area (Å²) in [4.78, 5) is 31.9. The van der Waals surface area contributed by atoms with Crippen LogP contribution in [0, 0.1) is 0 Å². The van der Waals surface area contributed by atoms with Gasteiger partial charge in [-0.05, 0) is 53.4 Å². The molecule has 0 aliphatic carbocycles. The number of aromatic nitrogens is 1. The topological polar surface area (TPSA) is 100.0 Å². The number of hydrogen-bond acceptors (Lipinski definition) is 6. The summed E-state index contributed by atoms with van der Waals surface area (Å²) in [5.74, 6) is -0.597. The molecule has 3 aromatic rings. The number of benzene rings is 2. The monoisotopic (exact) mass is 434 g/mol. The van der Waals surface area contributed by atoms with Gasteiger partial charge in [0.2, 0.25) is 5.91 Å². The van der Waals surface area contributed by atoms with Crippen molar-refractivity contribution in [3.05, 3.63) is 82.7 Å². The zero-order valence-corrected chi connectivity index (χ0v) is 18.3. The zero-order valence-electron chi connectivity index (χ0n) is 18.3. The first-order chi connectivity index (χ1) is 15.3. The maximum atomic E-state index is 13.3. The second kappa shape index (κ2) is 9.96. The van der Waals surface area contributed by atoms with Crippen LogP contribution in [0.5, 0.6) is 17.2 Å². The number of hydrogen-bond donors (Lipinski definition) is 2. The Bertz CT molecular complexity index is 1110. The van der Waals surface area contributed by atoms with Crippen LogP contribution in [0.15, 0.2) is 54.9 Å². The molecule has 0 unspecified atom stereocenters. The van der Waals surface area contributed by atoms with Crippen molar-refractivity contribution in [2.45, 2.75) is 26.3 Å². The second-order valence-corrected chi connectivity index (χ2v) is 7.45. The van der Waals surface area contributed by atoms with Gasteiger partial charge in [-0.1, -0.05) is 13.0 Å². The van der Waals surface area contributed by atoms with Crippen molar-refractivity contribution in [1.82, 2.24) is 9.88 Å². The van der Waals surface area contributed by atoms with Gasteiger partial charge in [0, 0.05) is 37.6 Å². The SMILES string of the molecule is CCc1c(O)cc(O)c(C(=O)c2ccc(OC)cc2)c1CC(=O)N(C)Cc1cccnc1. The first-order valence-corrected chi connectivity index (χ1v) is 10.2. The van der Waals surface area contributed by atoms with Crippen molar-refractivity contribution in [2.75, 3.05) is 14.2 Å². The highest BCUT2D eigenvalue weighted by atomic mass is 16.5. The van der Waals surface area contributed by atoms with E-state index in [2.05, 4.69) is 4.98 Å². The van der Waals surface area contributed by atoms with Crippen molar-refractivity contribution in [3.8, 4) is 17.2 Å². The van der Waals surface area contributed by atoms with E-state index in [1.165, 1.54) is 12.0 Å². The molecule has 0 bridgehead atoms. The molecule has 0 radical (unpaired) electrons. The predicted octanol–water partition coefficient (Wildman–Crippen LogP) is 3.50. The van der Waals surface area contributed by atoms with Crippen molar-refractivity contribution in [2.24, 2.45) is 0 Å². The third kappa shape index (κ3) is 4.88. The summed E-state index contributed by atoms with van der Waals surface area (Å²) >= 11 is 0. The Morgan fingerprint density at radius 3 is 2.38 bits per heavy atom. The number of methoxy groups -OCH3 is 1. The molecule has 0 saturated heterocycles. The lowest BCUT2D eigenvalue weighted by Crippen LogP contribution is -2.29. The lowest BCUT2D eigenvalue weighted by atomic mass is 9.89. The van der Waals surface area contributed by atoms with E-state index in [1.54, 1.807) is 49.8 Å². The highest BCUT2D eigenvalue weighted by Crippen LogP contribution is 2.35. The van der Waals surface area contributed by atoms with E-state index in [0.29, 0.717) is 35.4 Å². The van der Waals surface area contributed by atoms with E-state index in [9.17, 15) is 19.8 Å². The van der Waals surface area contributed by atoms with Crippen molar-refractivity contribution < 1.29 is 24.5 Å². The van der Waals surface area contributed by atoms with Crippen LogP contribution < -0.4 is 4.74 Å². The Labute approximate surface area is 186 Å². The molecule has 0 atom stereocenters. The first kappa shape index (κ1) is 22.8. The summed E-state index contributed by atoms with van der Waals surface area (Å²) in [5, 5.41) is 21.0. The Hall–Kier alpha value is -3.87. The minimum Gasteiger partial charge on any atom is -0.508 e. The fraction of sp³-hybridized carbons (Fsp3) is 0.240. The summed E-state index contributed by atoms with van der Waals surface area (Å²) in [7, 11) is 3.19. The molecular formula is C25H26N2O5. The maximum Gasteiger partial charge on any atom is 0.227 e. The van der Waals surface area contributed by atoms with E-state index in [-0.39, 0.29) is 29.4 Å². The minimum absolute atomic E-state index is 0.0212. The van der Waals surface area contributed by atoms with Crippen LogP contribution in [-0.2, 0) is 24.2 Å². The molecule has 2 N–H and O–H groups in total. The molecule has 3 rings (SSSR count). The van der Waals surface area contributed by atoms with Gasteiger partial charge in [0.25, 0.3) is 0 Å². The molecule has 1 aromatic heterocycles. The van der Waals surface area contributed by atoms with Gasteiger partial charge in [0.1, 0.15) is 17.2 Å². The fourth-order valence-electron chi connectivity index (χ4n) is 3.62. The van der Waals surface area contributed by atoms with Crippen LogP contribution in [0.1, 0.15) is 39.5 Å². The summed E-state index contributed by atoms with van der Waals surface area (Å²) in [6.45, 7) is 2.17. The summed E-state index contributed by atoms with van der Waals surface area (Å²) < 4.78 is 5.13. The summed E-state index contributed by atoms with van der Waals surface area (Å²) in [5.41, 5.74) is 2.02. The molecule has 2 aromatic carbocycles. The van der Waals surface area contributed by atoms with Crippen molar-refractivity contribution in [1.29, 1.82) is 0 Å². The number of aromatic hydroxyl groups is 2. The van der Waals surface area contributed by atoms with Crippen LogP contribution in [0.25, 0.3) is 0 Å². The van der Waals surface area contributed by atoms with Crippen LogP contribution in [0.4, 0.5) is 0 Å². The molecule has 1 heterocycles. The number of rotatable bonds is 8. The number of carbonyl (C=O) groups excluding carboxylic acids is 2. The average Bonchev–Trinajstić information content (AvgIpc) is 2.79. The predicted molar refractivity (Wildman–Crippen MR) is 120 cm³/mol. The quantitative estimate of drug-likeness (QED) is 0.527. The van der Waals surface area contributed by atoms with E-state index in [1.807, 2.05) is 13.0 Å². The molecule has 7 heteroatoms. The average molecular weight is 434 g/mol. The first-order valence-electron chi connectivity index (χ1n) is 10.2. The third-order valence-corrected chi connectivity index (χ3v) is 5.33. The largest absolute Gasteiger partial charge is 0.508 e. The van der Waals surface area contributed by atoms with Gasteiger partial charge in [-0.3, -0.25) is 14.6 Å². The number of amides is 1. The number of phenolic OH excluding ortho intramolecular Hbond substituents is 2. The number of likely N-dealkylation sites (N-methyl/N-ethyl adjacent to an activating group) is 1. The molecule has 0 spiro atoms. The van der Waals surface area contributed by atoms with Crippen LogP contribution in [0.2, 0.25) is 0 Å². The Morgan fingerprint density at radius 2 is 1.78 bits per heavy atom. The molecule has 0 fully saturated rings. The second-order valence-electron chi connectivity index (χ2n) is 7.45. The minimum atomic E-state index is -0.433. The van der Waals surface area contributed by atoms with E-state index < -0.39 is 5.78 Å². The van der Waals surface area contributed by atoms with E-state index >= 15 is 0 Å². The lowest BCUT2D eigenvalue weighted by molar-refractivity contribution is -0.129. The van der Waals surface area contributed by atoms with Crippen LogP contribution >= 0.6 is 0 Å².